The lowest BCUT2D eigenvalue weighted by Crippen LogP contribution is -2.18. The summed E-state index contributed by atoms with van der Waals surface area (Å²) in [5.74, 6) is 0. The van der Waals surface area contributed by atoms with E-state index in [9.17, 15) is 0 Å². The molecule has 1 aromatic rings. The number of hydrogen-bond donors (Lipinski definition) is 2. The van der Waals surface area contributed by atoms with Crippen LogP contribution in [0.5, 0.6) is 0 Å². The van der Waals surface area contributed by atoms with Crippen molar-refractivity contribution in [1.82, 2.24) is 0 Å². The minimum atomic E-state index is 0.105. The summed E-state index contributed by atoms with van der Waals surface area (Å²) in [6.07, 6.45) is 0.917. The van der Waals surface area contributed by atoms with Crippen molar-refractivity contribution in [3.8, 4) is 0 Å². The van der Waals surface area contributed by atoms with Gasteiger partial charge in [-0.1, -0.05) is 24.3 Å². The van der Waals surface area contributed by atoms with E-state index in [1.165, 1.54) is 11.1 Å². The maximum atomic E-state index is 5.78. The lowest BCUT2D eigenvalue weighted by Gasteiger charge is -2.09. The molecule has 1 rings (SSSR count). The standard InChI is InChI=1S/C11H18N2/c1-8(12)6-10-4-3-5-11(7-10)9(2)13/h3-5,7-9H,6,12-13H2,1-2H3/t8-,9+/m0/s1. The zero-order valence-corrected chi connectivity index (χ0v) is 8.33. The summed E-state index contributed by atoms with van der Waals surface area (Å²) >= 11 is 0. The van der Waals surface area contributed by atoms with E-state index in [1.807, 2.05) is 19.9 Å². The largest absolute Gasteiger partial charge is 0.328 e. The Labute approximate surface area is 79.9 Å². The summed E-state index contributed by atoms with van der Waals surface area (Å²) < 4.78 is 0. The van der Waals surface area contributed by atoms with Crippen LogP contribution in [0, 0.1) is 0 Å². The Bertz CT molecular complexity index is 267. The summed E-state index contributed by atoms with van der Waals surface area (Å²) in [7, 11) is 0. The van der Waals surface area contributed by atoms with Gasteiger partial charge in [0.2, 0.25) is 0 Å². The van der Waals surface area contributed by atoms with Crippen molar-refractivity contribution in [1.29, 1.82) is 0 Å². The monoisotopic (exact) mass is 178 g/mol. The van der Waals surface area contributed by atoms with Gasteiger partial charge < -0.3 is 11.5 Å². The Morgan fingerprint density at radius 1 is 1.23 bits per heavy atom. The molecule has 1 aromatic carbocycles. The molecule has 0 saturated heterocycles. The molecule has 13 heavy (non-hydrogen) atoms. The van der Waals surface area contributed by atoms with Crippen molar-refractivity contribution in [2.75, 3.05) is 0 Å². The van der Waals surface area contributed by atoms with Gasteiger partial charge in [-0.3, -0.25) is 0 Å². The maximum absolute atomic E-state index is 5.78. The number of benzene rings is 1. The molecule has 0 bridgehead atoms. The number of rotatable bonds is 3. The Hall–Kier alpha value is -0.860. The molecule has 4 N–H and O–H groups in total. The van der Waals surface area contributed by atoms with E-state index in [2.05, 4.69) is 18.2 Å². The van der Waals surface area contributed by atoms with Crippen LogP contribution in [0.15, 0.2) is 24.3 Å². The van der Waals surface area contributed by atoms with Crippen molar-refractivity contribution in [3.63, 3.8) is 0 Å². The van der Waals surface area contributed by atoms with Gasteiger partial charge in [0.1, 0.15) is 0 Å². The molecule has 0 heterocycles. The van der Waals surface area contributed by atoms with Crippen molar-refractivity contribution >= 4 is 0 Å². The molecule has 0 aliphatic heterocycles. The maximum Gasteiger partial charge on any atom is 0.0266 e. The average molecular weight is 178 g/mol. The second-order valence-electron chi connectivity index (χ2n) is 3.72. The fourth-order valence-electron chi connectivity index (χ4n) is 1.38. The van der Waals surface area contributed by atoms with Gasteiger partial charge in [-0.2, -0.15) is 0 Å². The van der Waals surface area contributed by atoms with E-state index >= 15 is 0 Å². The molecule has 2 nitrogen and oxygen atoms in total. The highest BCUT2D eigenvalue weighted by molar-refractivity contribution is 5.26. The van der Waals surface area contributed by atoms with Crippen molar-refractivity contribution in [2.45, 2.75) is 32.4 Å². The minimum Gasteiger partial charge on any atom is -0.328 e. The highest BCUT2D eigenvalue weighted by Gasteiger charge is 2.01. The second kappa shape index (κ2) is 4.40. The van der Waals surface area contributed by atoms with Gasteiger partial charge in [0.15, 0.2) is 0 Å². The Kier molecular flexibility index (Phi) is 3.46. The lowest BCUT2D eigenvalue weighted by atomic mass is 10.0. The van der Waals surface area contributed by atoms with Gasteiger partial charge >= 0.3 is 0 Å². The fraction of sp³-hybridized carbons (Fsp3) is 0.455. The van der Waals surface area contributed by atoms with Gasteiger partial charge in [0, 0.05) is 12.1 Å². The quantitative estimate of drug-likeness (QED) is 0.738. The predicted molar refractivity (Wildman–Crippen MR) is 56.4 cm³/mol. The van der Waals surface area contributed by atoms with Crippen LogP contribution in [-0.4, -0.2) is 6.04 Å². The van der Waals surface area contributed by atoms with Crippen molar-refractivity contribution in [2.24, 2.45) is 11.5 Å². The topological polar surface area (TPSA) is 52.0 Å². The number of nitrogens with two attached hydrogens (primary N) is 2. The summed E-state index contributed by atoms with van der Waals surface area (Å²) in [5.41, 5.74) is 13.9. The molecule has 0 saturated carbocycles. The first-order valence-corrected chi connectivity index (χ1v) is 4.69. The summed E-state index contributed by atoms with van der Waals surface area (Å²) in [5, 5.41) is 0. The minimum absolute atomic E-state index is 0.105. The molecule has 2 atom stereocenters. The third-order valence-electron chi connectivity index (χ3n) is 2.03. The molecule has 0 aromatic heterocycles. The molecular weight excluding hydrogens is 160 g/mol. The molecule has 0 aliphatic carbocycles. The van der Waals surface area contributed by atoms with Crippen molar-refractivity contribution in [3.05, 3.63) is 35.4 Å². The molecular formula is C11H18N2. The average Bonchev–Trinajstić information content (AvgIpc) is 2.03. The first-order chi connectivity index (χ1) is 6.09. The van der Waals surface area contributed by atoms with Gasteiger partial charge in [-0.15, -0.1) is 0 Å². The first kappa shape index (κ1) is 10.2. The molecule has 0 amide bonds. The van der Waals surface area contributed by atoms with Crippen molar-refractivity contribution < 1.29 is 0 Å². The van der Waals surface area contributed by atoms with Crippen LogP contribution in [0.2, 0.25) is 0 Å². The summed E-state index contributed by atoms with van der Waals surface area (Å²) in [6.45, 7) is 4.00. The van der Waals surface area contributed by atoms with Crippen LogP contribution in [0.1, 0.15) is 31.0 Å². The summed E-state index contributed by atoms with van der Waals surface area (Å²) in [4.78, 5) is 0. The predicted octanol–water partition coefficient (Wildman–Crippen LogP) is 1.60. The number of hydrogen-bond acceptors (Lipinski definition) is 2. The van der Waals surface area contributed by atoms with Crippen LogP contribution in [-0.2, 0) is 6.42 Å². The SMILES string of the molecule is C[C@H](N)Cc1cccc([C@@H](C)N)c1. The van der Waals surface area contributed by atoms with Crippen LogP contribution in [0.3, 0.4) is 0 Å². The van der Waals surface area contributed by atoms with Crippen LogP contribution in [0.25, 0.3) is 0 Å². The zero-order chi connectivity index (χ0) is 9.84. The Morgan fingerprint density at radius 2 is 1.92 bits per heavy atom. The van der Waals surface area contributed by atoms with Crippen LogP contribution in [0.4, 0.5) is 0 Å². The normalized spacial score (nSPS) is 15.4. The highest BCUT2D eigenvalue weighted by Crippen LogP contribution is 2.12. The highest BCUT2D eigenvalue weighted by atomic mass is 14.6. The summed E-state index contributed by atoms with van der Waals surface area (Å²) in [6, 6.07) is 8.63. The van der Waals surface area contributed by atoms with E-state index in [1.54, 1.807) is 0 Å². The molecule has 0 unspecified atom stereocenters. The fourth-order valence-corrected chi connectivity index (χ4v) is 1.38. The molecule has 0 spiro atoms. The molecule has 0 fully saturated rings. The van der Waals surface area contributed by atoms with E-state index in [4.69, 9.17) is 11.5 Å². The van der Waals surface area contributed by atoms with E-state index in [-0.39, 0.29) is 12.1 Å². The molecule has 2 heteroatoms. The smallest absolute Gasteiger partial charge is 0.0266 e. The van der Waals surface area contributed by atoms with E-state index in [0.717, 1.165) is 6.42 Å². The first-order valence-electron chi connectivity index (χ1n) is 4.69. The van der Waals surface area contributed by atoms with E-state index < -0.39 is 0 Å². The zero-order valence-electron chi connectivity index (χ0n) is 8.33. The van der Waals surface area contributed by atoms with Crippen LogP contribution >= 0.6 is 0 Å². The Morgan fingerprint density at radius 3 is 2.46 bits per heavy atom. The molecule has 72 valence electrons. The van der Waals surface area contributed by atoms with Gasteiger partial charge in [-0.25, -0.2) is 0 Å². The van der Waals surface area contributed by atoms with Gasteiger partial charge in [-0.05, 0) is 31.4 Å². The van der Waals surface area contributed by atoms with E-state index in [0.29, 0.717) is 0 Å². The third-order valence-corrected chi connectivity index (χ3v) is 2.03. The molecule has 0 aliphatic rings. The van der Waals surface area contributed by atoms with Gasteiger partial charge in [0.05, 0.1) is 0 Å². The van der Waals surface area contributed by atoms with Gasteiger partial charge in [0.25, 0.3) is 0 Å². The molecule has 0 radical (unpaired) electrons. The second-order valence-corrected chi connectivity index (χ2v) is 3.72. The lowest BCUT2D eigenvalue weighted by molar-refractivity contribution is 0.734. The Balaban J connectivity index is 2.79. The van der Waals surface area contributed by atoms with Crippen LogP contribution < -0.4 is 11.5 Å². The third kappa shape index (κ3) is 3.17.